The van der Waals surface area contributed by atoms with E-state index in [1.807, 2.05) is 0 Å². The topological polar surface area (TPSA) is 0 Å². The average molecular weight is 857 g/mol. The van der Waals surface area contributed by atoms with Gasteiger partial charge in [-0.25, -0.2) is 0 Å². The highest BCUT2D eigenvalue weighted by molar-refractivity contribution is 6.41. The van der Waals surface area contributed by atoms with Gasteiger partial charge in [0.15, 0.2) is 0 Å². The summed E-state index contributed by atoms with van der Waals surface area (Å²) in [5, 5.41) is 12.8. The second-order valence-electron chi connectivity index (χ2n) is 23.0. The van der Waals surface area contributed by atoms with E-state index in [0.717, 1.165) is 0 Å². The maximum atomic E-state index is 2.44. The number of hydrogen-bond acceptors (Lipinski definition) is 0. The lowest BCUT2D eigenvalue weighted by molar-refractivity contribution is 0.590. The molecule has 0 aliphatic heterocycles. The van der Waals surface area contributed by atoms with Crippen molar-refractivity contribution in [3.05, 3.63) is 192 Å². The maximum Gasteiger partial charge on any atom is -0.000718 e. The summed E-state index contributed by atoms with van der Waals surface area (Å²) in [6.07, 6.45) is 0. The van der Waals surface area contributed by atoms with Crippen LogP contribution >= 0.6 is 0 Å². The summed E-state index contributed by atoms with van der Waals surface area (Å²) in [7, 11) is 0. The molecule has 0 spiro atoms. The first-order valence-electron chi connectivity index (χ1n) is 24.0. The SMILES string of the molecule is CC(C)(C)c1ccc(-c2c(-c3ccc(C(C)(C)C)cc3)c(-c3ccc(C(C)(C)C)cc3)c3c4ccc5ccccc5c4c4c5ccccc5ccc4c3c2-c2ccc(C(C)(C)C)cc2)cc1. The molecule has 0 atom stereocenters. The van der Waals surface area contributed by atoms with Crippen molar-refractivity contribution in [2.45, 2.75) is 105 Å². The van der Waals surface area contributed by atoms with Crippen molar-refractivity contribution in [1.82, 2.24) is 0 Å². The lowest BCUT2D eigenvalue weighted by Gasteiger charge is -2.28. The molecule has 0 radical (unpaired) electrons. The Bertz CT molecular complexity index is 3240. The van der Waals surface area contributed by atoms with Gasteiger partial charge in [0.05, 0.1) is 0 Å². The zero-order chi connectivity index (χ0) is 46.5. The fourth-order valence-corrected chi connectivity index (χ4v) is 10.5. The van der Waals surface area contributed by atoms with Gasteiger partial charge in [0.1, 0.15) is 0 Å². The molecule has 0 heterocycles. The normalized spacial score (nSPS) is 12.8. The van der Waals surface area contributed by atoms with Gasteiger partial charge in [-0.2, -0.15) is 0 Å². The Morgan fingerprint density at radius 3 is 0.742 bits per heavy atom. The van der Waals surface area contributed by atoms with Crippen molar-refractivity contribution in [2.75, 3.05) is 0 Å². The fourth-order valence-electron chi connectivity index (χ4n) is 10.5. The van der Waals surface area contributed by atoms with Crippen LogP contribution in [0.4, 0.5) is 0 Å². The van der Waals surface area contributed by atoms with Crippen LogP contribution in [0.2, 0.25) is 0 Å². The largest absolute Gasteiger partial charge is 0.0616 e. The summed E-state index contributed by atoms with van der Waals surface area (Å²) in [4.78, 5) is 0. The van der Waals surface area contributed by atoms with Crippen molar-refractivity contribution in [3.8, 4) is 44.5 Å². The summed E-state index contributed by atoms with van der Waals surface area (Å²) in [5.74, 6) is 0. The van der Waals surface area contributed by atoms with Crippen LogP contribution in [0.25, 0.3) is 98.4 Å². The molecule has 0 amide bonds. The molecule has 0 aromatic heterocycles. The summed E-state index contributed by atoms with van der Waals surface area (Å²) in [6, 6.07) is 65.8. The molecule has 0 bridgehead atoms. The smallest absolute Gasteiger partial charge is 0.000718 e. The van der Waals surface area contributed by atoms with E-state index in [1.54, 1.807) is 0 Å². The van der Waals surface area contributed by atoms with E-state index in [-0.39, 0.29) is 21.7 Å². The van der Waals surface area contributed by atoms with Gasteiger partial charge >= 0.3 is 0 Å². The van der Waals surface area contributed by atoms with Gasteiger partial charge in [-0.05, 0) is 142 Å². The first-order chi connectivity index (χ1) is 31.3. The molecule has 0 saturated heterocycles. The van der Waals surface area contributed by atoms with Gasteiger partial charge in [-0.15, -0.1) is 0 Å². The quantitative estimate of drug-likeness (QED) is 0.155. The standard InChI is InChI=1S/C66H64/c1-63(2,3)47-31-21-43(22-32-47)55-56(44-23-33-48(34-24-44)64(4,5)6)58(46-27-37-50(38-28-46)66(10,11)12)62-54-40-30-42-18-14-16-20-52(42)60(54)59-51-19-15-13-17-41(51)29-39-53(59)61(62)57(55)45-25-35-49(36-26-45)65(7,8)9/h13-40H,1-12H3. The highest BCUT2D eigenvalue weighted by Crippen LogP contribution is 2.56. The molecule has 10 aromatic carbocycles. The Morgan fingerprint density at radius 1 is 0.212 bits per heavy atom. The van der Waals surface area contributed by atoms with E-state index in [1.165, 1.54) is 121 Å². The zero-order valence-corrected chi connectivity index (χ0v) is 41.2. The Labute approximate surface area is 393 Å². The van der Waals surface area contributed by atoms with Crippen LogP contribution in [0.1, 0.15) is 105 Å². The first-order valence-corrected chi connectivity index (χ1v) is 24.0. The predicted octanol–water partition coefficient (Wildman–Crippen LogP) is 19.3. The van der Waals surface area contributed by atoms with Crippen molar-refractivity contribution >= 4 is 53.9 Å². The third kappa shape index (κ3) is 7.40. The molecule has 0 fully saturated rings. The second-order valence-corrected chi connectivity index (χ2v) is 23.0. The molecule has 0 nitrogen and oxygen atoms in total. The van der Waals surface area contributed by atoms with Gasteiger partial charge < -0.3 is 0 Å². The van der Waals surface area contributed by atoms with Crippen LogP contribution < -0.4 is 0 Å². The minimum atomic E-state index is 0.0120. The molecule has 0 saturated carbocycles. The van der Waals surface area contributed by atoms with Crippen LogP contribution in [0.15, 0.2) is 170 Å². The zero-order valence-electron chi connectivity index (χ0n) is 41.2. The lowest BCUT2D eigenvalue weighted by atomic mass is 9.74. The second kappa shape index (κ2) is 15.6. The van der Waals surface area contributed by atoms with Crippen LogP contribution in [-0.4, -0.2) is 0 Å². The summed E-state index contributed by atoms with van der Waals surface area (Å²) < 4.78 is 0. The monoisotopic (exact) mass is 857 g/mol. The Balaban J connectivity index is 1.54. The van der Waals surface area contributed by atoms with E-state index in [9.17, 15) is 0 Å². The molecule has 0 heteroatoms. The minimum absolute atomic E-state index is 0.0120. The Morgan fingerprint density at radius 2 is 0.470 bits per heavy atom. The van der Waals surface area contributed by atoms with E-state index >= 15 is 0 Å². The lowest BCUT2D eigenvalue weighted by Crippen LogP contribution is -2.11. The molecule has 10 rings (SSSR count). The van der Waals surface area contributed by atoms with Crippen LogP contribution in [0, 0.1) is 0 Å². The van der Waals surface area contributed by atoms with Crippen LogP contribution in [0.5, 0.6) is 0 Å². The van der Waals surface area contributed by atoms with E-state index < -0.39 is 0 Å². The van der Waals surface area contributed by atoms with Crippen LogP contribution in [0.3, 0.4) is 0 Å². The average Bonchev–Trinajstić information content (AvgIpc) is 3.29. The van der Waals surface area contributed by atoms with Gasteiger partial charge in [-0.3, -0.25) is 0 Å². The molecule has 0 aliphatic carbocycles. The van der Waals surface area contributed by atoms with Crippen LogP contribution in [-0.2, 0) is 21.7 Å². The van der Waals surface area contributed by atoms with Gasteiger partial charge in [-0.1, -0.05) is 253 Å². The highest BCUT2D eigenvalue weighted by atomic mass is 14.3. The van der Waals surface area contributed by atoms with Crippen molar-refractivity contribution < 1.29 is 0 Å². The van der Waals surface area contributed by atoms with E-state index in [2.05, 4.69) is 253 Å². The molecule has 0 aliphatic rings. The Kier molecular flexibility index (Phi) is 10.2. The molecule has 66 heavy (non-hydrogen) atoms. The highest BCUT2D eigenvalue weighted by Gasteiger charge is 2.29. The maximum absolute atomic E-state index is 2.44. The molecule has 0 unspecified atom stereocenters. The summed E-state index contributed by atoms with van der Waals surface area (Å²) in [6.45, 7) is 27.8. The number of rotatable bonds is 4. The first kappa shape index (κ1) is 43.4. The van der Waals surface area contributed by atoms with E-state index in [0.29, 0.717) is 0 Å². The third-order valence-corrected chi connectivity index (χ3v) is 14.3. The molecule has 10 aromatic rings. The van der Waals surface area contributed by atoms with Gasteiger partial charge in [0.2, 0.25) is 0 Å². The van der Waals surface area contributed by atoms with Gasteiger partial charge in [0, 0.05) is 0 Å². The third-order valence-electron chi connectivity index (χ3n) is 14.3. The number of hydrogen-bond donors (Lipinski definition) is 0. The fraction of sp³-hybridized carbons (Fsp3) is 0.242. The molecule has 328 valence electrons. The Hall–Kier alpha value is -6.50. The number of benzene rings is 10. The van der Waals surface area contributed by atoms with Crippen molar-refractivity contribution in [1.29, 1.82) is 0 Å². The molecular weight excluding hydrogens is 793 g/mol. The summed E-state index contributed by atoms with van der Waals surface area (Å²) in [5.41, 5.74) is 15.3. The number of fused-ring (bicyclic) bond motifs is 10. The summed E-state index contributed by atoms with van der Waals surface area (Å²) >= 11 is 0. The predicted molar refractivity (Wildman–Crippen MR) is 291 cm³/mol. The van der Waals surface area contributed by atoms with E-state index in [4.69, 9.17) is 0 Å². The van der Waals surface area contributed by atoms with Crippen molar-refractivity contribution in [3.63, 3.8) is 0 Å². The molecular formula is C66H64. The minimum Gasteiger partial charge on any atom is -0.0616 e. The van der Waals surface area contributed by atoms with Crippen molar-refractivity contribution in [2.24, 2.45) is 0 Å². The van der Waals surface area contributed by atoms with Gasteiger partial charge in [0.25, 0.3) is 0 Å². The molecule has 0 N–H and O–H groups in total.